The molecule has 1 aliphatic heterocycles. The third-order valence-electron chi connectivity index (χ3n) is 5.50. The molecule has 0 bridgehead atoms. The Kier molecular flexibility index (Phi) is 5.53. The molecule has 0 saturated carbocycles. The molecule has 4 rings (SSSR count). The topological polar surface area (TPSA) is 47.4 Å². The van der Waals surface area contributed by atoms with Crippen molar-refractivity contribution in [1.29, 1.82) is 0 Å². The second kappa shape index (κ2) is 8.26. The Labute approximate surface area is 173 Å². The number of aryl methyl sites for hydroxylation is 1. The van der Waals surface area contributed by atoms with Gasteiger partial charge in [0.1, 0.15) is 11.9 Å². The Balaban J connectivity index is 1.42. The van der Waals surface area contributed by atoms with Crippen LogP contribution in [0, 0.1) is 25.5 Å². The van der Waals surface area contributed by atoms with Crippen LogP contribution in [0.5, 0.6) is 5.75 Å². The summed E-state index contributed by atoms with van der Waals surface area (Å²) >= 11 is 0. The van der Waals surface area contributed by atoms with Gasteiger partial charge in [0.15, 0.2) is 11.6 Å². The quantitative estimate of drug-likeness (QED) is 0.637. The van der Waals surface area contributed by atoms with E-state index in [2.05, 4.69) is 5.10 Å². The fourth-order valence-electron chi connectivity index (χ4n) is 3.76. The molecule has 1 fully saturated rings. The predicted octanol–water partition coefficient (Wildman–Crippen LogP) is 4.45. The zero-order chi connectivity index (χ0) is 21.3. The molecular weight excluding hydrogens is 388 g/mol. The van der Waals surface area contributed by atoms with Crippen LogP contribution in [0.25, 0.3) is 5.69 Å². The summed E-state index contributed by atoms with van der Waals surface area (Å²) < 4.78 is 34.3. The highest BCUT2D eigenvalue weighted by atomic mass is 19.1. The Bertz CT molecular complexity index is 1070. The molecular formula is C23H23F2N3O2. The molecule has 0 unspecified atom stereocenters. The molecule has 0 radical (unpaired) electrons. The number of amides is 1. The van der Waals surface area contributed by atoms with Gasteiger partial charge < -0.3 is 9.64 Å². The van der Waals surface area contributed by atoms with Crippen molar-refractivity contribution in [3.05, 3.63) is 77.1 Å². The van der Waals surface area contributed by atoms with Gasteiger partial charge in [0, 0.05) is 32.0 Å². The van der Waals surface area contributed by atoms with Crippen molar-refractivity contribution in [2.45, 2.75) is 32.8 Å². The number of aromatic nitrogens is 2. The summed E-state index contributed by atoms with van der Waals surface area (Å²) in [6, 6.07) is 11.2. The molecule has 2 aromatic carbocycles. The van der Waals surface area contributed by atoms with E-state index >= 15 is 0 Å². The number of likely N-dealkylation sites (tertiary alicyclic amines) is 1. The fraction of sp³-hybridized carbons (Fsp3) is 0.304. The first-order chi connectivity index (χ1) is 14.4. The number of rotatable bonds is 4. The van der Waals surface area contributed by atoms with Crippen molar-refractivity contribution < 1.29 is 18.3 Å². The highest BCUT2D eigenvalue weighted by Crippen LogP contribution is 2.24. The number of hydrogen-bond acceptors (Lipinski definition) is 3. The second-order valence-electron chi connectivity index (χ2n) is 7.53. The molecule has 5 nitrogen and oxygen atoms in total. The maximum absolute atomic E-state index is 13.8. The van der Waals surface area contributed by atoms with Crippen LogP contribution < -0.4 is 4.74 Å². The maximum atomic E-state index is 13.8. The molecule has 2 heterocycles. The first-order valence-electron chi connectivity index (χ1n) is 9.95. The molecule has 1 amide bonds. The van der Waals surface area contributed by atoms with Gasteiger partial charge in [-0.3, -0.25) is 4.79 Å². The van der Waals surface area contributed by atoms with Crippen LogP contribution in [0.3, 0.4) is 0 Å². The number of hydrogen-bond donors (Lipinski definition) is 0. The Morgan fingerprint density at radius 1 is 1.10 bits per heavy atom. The summed E-state index contributed by atoms with van der Waals surface area (Å²) in [7, 11) is 0. The third-order valence-corrected chi connectivity index (χ3v) is 5.50. The average Bonchev–Trinajstić information content (AvgIpc) is 3.11. The molecule has 0 spiro atoms. The zero-order valence-electron chi connectivity index (χ0n) is 16.9. The number of piperidine rings is 1. The number of para-hydroxylation sites is 1. The normalized spacial score (nSPS) is 14.7. The number of ether oxygens (including phenoxy) is 1. The van der Waals surface area contributed by atoms with Crippen LogP contribution in [-0.4, -0.2) is 39.8 Å². The lowest BCUT2D eigenvalue weighted by Crippen LogP contribution is -2.42. The van der Waals surface area contributed by atoms with Gasteiger partial charge in [-0.05, 0) is 37.6 Å². The van der Waals surface area contributed by atoms with E-state index < -0.39 is 11.6 Å². The van der Waals surface area contributed by atoms with Crippen LogP contribution in [0.4, 0.5) is 8.78 Å². The summed E-state index contributed by atoms with van der Waals surface area (Å²) in [4.78, 5) is 14.8. The molecule has 0 atom stereocenters. The maximum Gasteiger partial charge on any atom is 0.257 e. The predicted molar refractivity (Wildman–Crippen MR) is 109 cm³/mol. The number of nitrogens with zero attached hydrogens (tertiary/aromatic N) is 3. The fourth-order valence-corrected chi connectivity index (χ4v) is 3.76. The van der Waals surface area contributed by atoms with Gasteiger partial charge in [-0.15, -0.1) is 0 Å². The molecule has 1 saturated heterocycles. The van der Waals surface area contributed by atoms with Crippen molar-refractivity contribution in [1.82, 2.24) is 14.7 Å². The van der Waals surface area contributed by atoms with E-state index in [4.69, 9.17) is 4.74 Å². The third kappa shape index (κ3) is 3.92. The van der Waals surface area contributed by atoms with Crippen molar-refractivity contribution >= 4 is 5.91 Å². The van der Waals surface area contributed by atoms with Crippen molar-refractivity contribution in [2.75, 3.05) is 13.1 Å². The van der Waals surface area contributed by atoms with Crippen LogP contribution >= 0.6 is 0 Å². The Morgan fingerprint density at radius 3 is 2.53 bits per heavy atom. The minimum atomic E-state index is -0.715. The molecule has 1 aromatic heterocycles. The van der Waals surface area contributed by atoms with E-state index in [0.717, 1.165) is 23.0 Å². The van der Waals surface area contributed by atoms with Crippen molar-refractivity contribution in [3.8, 4) is 11.4 Å². The summed E-state index contributed by atoms with van der Waals surface area (Å²) in [6.07, 6.45) is 2.55. The molecule has 0 N–H and O–H groups in total. The minimum Gasteiger partial charge on any atom is -0.487 e. The van der Waals surface area contributed by atoms with Gasteiger partial charge in [0.2, 0.25) is 0 Å². The first-order valence-corrected chi connectivity index (χ1v) is 9.95. The van der Waals surface area contributed by atoms with Gasteiger partial charge in [-0.25, -0.2) is 13.5 Å². The van der Waals surface area contributed by atoms with E-state index in [9.17, 15) is 13.6 Å². The van der Waals surface area contributed by atoms with Crippen LogP contribution in [0.2, 0.25) is 0 Å². The Morgan fingerprint density at radius 2 is 1.83 bits per heavy atom. The SMILES string of the molecule is Cc1ccccc1-n1ncc(C(=O)N2CCC(Oc3ccc(F)cc3F)CC2)c1C. The van der Waals surface area contributed by atoms with Gasteiger partial charge in [0.05, 0.1) is 23.1 Å². The zero-order valence-corrected chi connectivity index (χ0v) is 16.9. The lowest BCUT2D eigenvalue weighted by molar-refractivity contribution is 0.0587. The van der Waals surface area contributed by atoms with Gasteiger partial charge >= 0.3 is 0 Å². The monoisotopic (exact) mass is 411 g/mol. The number of carbonyl (C=O) groups is 1. The van der Waals surface area contributed by atoms with Crippen LogP contribution in [0.15, 0.2) is 48.7 Å². The van der Waals surface area contributed by atoms with E-state index in [1.54, 1.807) is 15.8 Å². The molecule has 1 aliphatic rings. The Hall–Kier alpha value is -3.22. The average molecular weight is 411 g/mol. The molecule has 7 heteroatoms. The highest BCUT2D eigenvalue weighted by Gasteiger charge is 2.27. The smallest absolute Gasteiger partial charge is 0.257 e. The molecule has 0 aliphatic carbocycles. The van der Waals surface area contributed by atoms with Gasteiger partial charge in [-0.1, -0.05) is 18.2 Å². The summed E-state index contributed by atoms with van der Waals surface area (Å²) in [5.41, 5.74) is 3.39. The first kappa shape index (κ1) is 20.1. The standard InChI is InChI=1S/C23H23F2N3O2/c1-15-5-3-4-6-21(15)28-16(2)19(14-26-28)23(29)27-11-9-18(10-12-27)30-22-8-7-17(24)13-20(22)25/h3-8,13-14,18H,9-12H2,1-2H3. The van der Waals surface area contributed by atoms with E-state index in [-0.39, 0.29) is 17.8 Å². The number of benzene rings is 2. The summed E-state index contributed by atoms with van der Waals surface area (Å²) in [5.74, 6) is -1.38. The van der Waals surface area contributed by atoms with E-state index in [1.165, 1.54) is 12.1 Å². The van der Waals surface area contributed by atoms with Crippen molar-refractivity contribution in [2.24, 2.45) is 0 Å². The van der Waals surface area contributed by atoms with Gasteiger partial charge in [0.25, 0.3) is 5.91 Å². The number of carbonyl (C=O) groups excluding carboxylic acids is 1. The van der Waals surface area contributed by atoms with E-state index in [0.29, 0.717) is 31.5 Å². The summed E-state index contributed by atoms with van der Waals surface area (Å²) in [5, 5.41) is 4.42. The summed E-state index contributed by atoms with van der Waals surface area (Å²) in [6.45, 7) is 4.90. The lowest BCUT2D eigenvalue weighted by atomic mass is 10.1. The van der Waals surface area contributed by atoms with Crippen LogP contribution in [-0.2, 0) is 0 Å². The largest absolute Gasteiger partial charge is 0.487 e. The number of halogens is 2. The molecule has 3 aromatic rings. The van der Waals surface area contributed by atoms with Crippen molar-refractivity contribution in [3.63, 3.8) is 0 Å². The van der Waals surface area contributed by atoms with E-state index in [1.807, 2.05) is 38.1 Å². The molecule has 30 heavy (non-hydrogen) atoms. The highest BCUT2D eigenvalue weighted by molar-refractivity contribution is 5.95. The van der Waals surface area contributed by atoms with Gasteiger partial charge in [-0.2, -0.15) is 5.10 Å². The van der Waals surface area contributed by atoms with Crippen LogP contribution in [0.1, 0.15) is 34.5 Å². The lowest BCUT2D eigenvalue weighted by Gasteiger charge is -2.32. The minimum absolute atomic E-state index is 0.0385. The second-order valence-corrected chi connectivity index (χ2v) is 7.53. The molecule has 156 valence electrons.